The van der Waals surface area contributed by atoms with E-state index in [9.17, 15) is 18.0 Å². The zero-order valence-electron chi connectivity index (χ0n) is 17.8. The number of ether oxygens (including phenoxy) is 1. The van der Waals surface area contributed by atoms with Gasteiger partial charge in [0.1, 0.15) is 4.90 Å². The van der Waals surface area contributed by atoms with Crippen molar-refractivity contribution in [2.75, 3.05) is 30.3 Å². The first kappa shape index (κ1) is 22.8. The fourth-order valence-electron chi connectivity index (χ4n) is 3.42. The van der Waals surface area contributed by atoms with Gasteiger partial charge in [-0.05, 0) is 55.2 Å². The van der Waals surface area contributed by atoms with E-state index in [0.29, 0.717) is 18.8 Å². The lowest BCUT2D eigenvalue weighted by Gasteiger charge is -2.17. The van der Waals surface area contributed by atoms with E-state index in [4.69, 9.17) is 4.74 Å². The van der Waals surface area contributed by atoms with Gasteiger partial charge in [0, 0.05) is 26.3 Å². The number of nitrogens with one attached hydrogen (secondary N) is 3. The Kier molecular flexibility index (Phi) is 6.66. The summed E-state index contributed by atoms with van der Waals surface area (Å²) in [6, 6.07) is 11.6. The van der Waals surface area contributed by atoms with Crippen LogP contribution in [0.3, 0.4) is 0 Å². The molecule has 0 spiro atoms. The van der Waals surface area contributed by atoms with Gasteiger partial charge in [-0.3, -0.25) is 14.3 Å². The molecule has 0 aliphatic heterocycles. The van der Waals surface area contributed by atoms with Gasteiger partial charge in [0.25, 0.3) is 10.0 Å². The number of methoxy groups -OCH3 is 1. The lowest BCUT2D eigenvalue weighted by Crippen LogP contribution is -2.36. The maximum Gasteiger partial charge on any atom is 0.263 e. The van der Waals surface area contributed by atoms with Crippen LogP contribution < -0.4 is 15.4 Å². The van der Waals surface area contributed by atoms with Gasteiger partial charge in [0.2, 0.25) is 11.8 Å². The molecule has 0 atom stereocenters. The van der Waals surface area contributed by atoms with E-state index < -0.39 is 15.4 Å². The lowest BCUT2D eigenvalue weighted by atomic mass is 9.95. The second kappa shape index (κ2) is 9.07. The minimum Gasteiger partial charge on any atom is -0.383 e. The molecule has 2 amide bonds. The molecular weight excluding hydrogens is 418 g/mol. The van der Waals surface area contributed by atoms with Crippen LogP contribution in [0.25, 0.3) is 0 Å². The Morgan fingerprint density at radius 2 is 1.77 bits per heavy atom. The minimum atomic E-state index is -3.93. The summed E-state index contributed by atoms with van der Waals surface area (Å²) in [5, 5.41) is 5.43. The van der Waals surface area contributed by atoms with Crippen LogP contribution in [-0.4, -0.2) is 40.5 Å². The highest BCUT2D eigenvalue weighted by Crippen LogP contribution is 2.48. The molecule has 31 heavy (non-hydrogen) atoms. The number of aryl methyl sites for hydroxylation is 1. The smallest absolute Gasteiger partial charge is 0.263 e. The molecule has 1 fully saturated rings. The first-order chi connectivity index (χ1) is 14.7. The molecule has 2 aromatic carbocycles. The van der Waals surface area contributed by atoms with Crippen molar-refractivity contribution in [1.82, 2.24) is 5.32 Å². The van der Waals surface area contributed by atoms with Crippen molar-refractivity contribution in [3.05, 3.63) is 53.6 Å². The van der Waals surface area contributed by atoms with E-state index in [1.807, 2.05) is 0 Å². The summed E-state index contributed by atoms with van der Waals surface area (Å²) >= 11 is 0. The normalized spacial score (nSPS) is 14.5. The predicted molar refractivity (Wildman–Crippen MR) is 119 cm³/mol. The van der Waals surface area contributed by atoms with Crippen LogP contribution in [0.4, 0.5) is 11.4 Å². The van der Waals surface area contributed by atoms with E-state index in [-0.39, 0.29) is 22.4 Å². The Morgan fingerprint density at radius 3 is 2.35 bits per heavy atom. The maximum absolute atomic E-state index is 13.0. The van der Waals surface area contributed by atoms with Gasteiger partial charge >= 0.3 is 0 Å². The van der Waals surface area contributed by atoms with E-state index >= 15 is 0 Å². The average molecular weight is 446 g/mol. The molecule has 0 bridgehead atoms. The number of amides is 2. The summed E-state index contributed by atoms with van der Waals surface area (Å²) in [4.78, 5) is 24.0. The average Bonchev–Trinajstić information content (AvgIpc) is 3.51. The van der Waals surface area contributed by atoms with Gasteiger partial charge in [0.05, 0.1) is 17.7 Å². The molecule has 0 radical (unpaired) electrons. The van der Waals surface area contributed by atoms with Crippen molar-refractivity contribution in [2.24, 2.45) is 0 Å². The summed E-state index contributed by atoms with van der Waals surface area (Å²) in [5.74, 6) is -0.402. The first-order valence-corrected chi connectivity index (χ1v) is 11.4. The number of hydrogen-bond acceptors (Lipinski definition) is 5. The van der Waals surface area contributed by atoms with E-state index in [2.05, 4.69) is 15.4 Å². The van der Waals surface area contributed by atoms with Gasteiger partial charge < -0.3 is 15.4 Å². The molecule has 166 valence electrons. The standard InChI is InChI=1S/C22H27N3O5S/c1-15-4-9-19(24-16(2)26)20(14-15)31(28,29)25-18-7-5-17(6-8-18)22(10-11-22)21(27)23-12-13-30-3/h4-9,14,25H,10-13H2,1-3H3,(H,23,27)(H,24,26). The molecular formula is C22H27N3O5S. The summed E-state index contributed by atoms with van der Waals surface area (Å²) in [7, 11) is -2.36. The largest absolute Gasteiger partial charge is 0.383 e. The number of carbonyl (C=O) groups is 2. The zero-order valence-corrected chi connectivity index (χ0v) is 18.6. The van der Waals surface area contributed by atoms with E-state index in [1.54, 1.807) is 50.4 Å². The lowest BCUT2D eigenvalue weighted by molar-refractivity contribution is -0.123. The Bertz CT molecular complexity index is 1080. The molecule has 0 unspecified atom stereocenters. The van der Waals surface area contributed by atoms with E-state index in [0.717, 1.165) is 24.0 Å². The summed E-state index contributed by atoms with van der Waals surface area (Å²) in [6.45, 7) is 3.99. The molecule has 0 aromatic heterocycles. The number of sulfonamides is 1. The van der Waals surface area contributed by atoms with Crippen molar-refractivity contribution >= 4 is 33.2 Å². The molecule has 3 N–H and O–H groups in total. The summed E-state index contributed by atoms with van der Waals surface area (Å²) in [6.07, 6.45) is 1.50. The second-order valence-corrected chi connectivity index (χ2v) is 9.35. The number of hydrogen-bond donors (Lipinski definition) is 3. The van der Waals surface area contributed by atoms with Crippen molar-refractivity contribution in [1.29, 1.82) is 0 Å². The number of anilines is 2. The maximum atomic E-state index is 13.0. The molecule has 8 nitrogen and oxygen atoms in total. The Balaban J connectivity index is 1.78. The monoisotopic (exact) mass is 445 g/mol. The highest BCUT2D eigenvalue weighted by atomic mass is 32.2. The Morgan fingerprint density at radius 1 is 1.10 bits per heavy atom. The van der Waals surface area contributed by atoms with Crippen LogP contribution in [0, 0.1) is 6.92 Å². The molecule has 1 aliphatic rings. The van der Waals surface area contributed by atoms with Crippen LogP contribution in [0.2, 0.25) is 0 Å². The zero-order chi connectivity index (χ0) is 22.6. The molecule has 0 saturated heterocycles. The van der Waals surface area contributed by atoms with Crippen molar-refractivity contribution in [2.45, 2.75) is 37.0 Å². The van der Waals surface area contributed by atoms with Gasteiger partial charge in [-0.15, -0.1) is 0 Å². The summed E-state index contributed by atoms with van der Waals surface area (Å²) in [5.41, 5.74) is 1.63. The molecule has 3 rings (SSSR count). The second-order valence-electron chi connectivity index (χ2n) is 7.69. The van der Waals surface area contributed by atoms with Crippen LogP contribution in [0.1, 0.15) is 30.9 Å². The van der Waals surface area contributed by atoms with Crippen LogP contribution in [0.15, 0.2) is 47.4 Å². The molecule has 2 aromatic rings. The van der Waals surface area contributed by atoms with Crippen LogP contribution in [-0.2, 0) is 29.8 Å². The summed E-state index contributed by atoms with van der Waals surface area (Å²) < 4.78 is 33.4. The molecule has 1 saturated carbocycles. The predicted octanol–water partition coefficient (Wildman–Crippen LogP) is 2.55. The fraction of sp³-hybridized carbons (Fsp3) is 0.364. The molecule has 1 aliphatic carbocycles. The topological polar surface area (TPSA) is 114 Å². The van der Waals surface area contributed by atoms with Gasteiger partial charge in [-0.1, -0.05) is 18.2 Å². The number of carbonyl (C=O) groups excluding carboxylic acids is 2. The highest BCUT2D eigenvalue weighted by molar-refractivity contribution is 7.92. The fourth-order valence-corrected chi connectivity index (χ4v) is 4.73. The number of benzene rings is 2. The molecule has 9 heteroatoms. The highest BCUT2D eigenvalue weighted by Gasteiger charge is 2.51. The third kappa shape index (κ3) is 5.23. The first-order valence-electron chi connectivity index (χ1n) is 9.97. The third-order valence-electron chi connectivity index (χ3n) is 5.20. The minimum absolute atomic E-state index is 0.0111. The SMILES string of the molecule is COCCNC(=O)C1(c2ccc(NS(=O)(=O)c3cc(C)ccc3NC(C)=O)cc2)CC1. The van der Waals surface area contributed by atoms with E-state index in [1.165, 1.54) is 13.0 Å². The van der Waals surface area contributed by atoms with Crippen LogP contribution >= 0.6 is 0 Å². The Labute approximate surface area is 182 Å². The van der Waals surface area contributed by atoms with Crippen LogP contribution in [0.5, 0.6) is 0 Å². The van der Waals surface area contributed by atoms with Crippen molar-refractivity contribution < 1.29 is 22.7 Å². The quantitative estimate of drug-likeness (QED) is 0.514. The van der Waals surface area contributed by atoms with Crippen molar-refractivity contribution in [3.63, 3.8) is 0 Å². The van der Waals surface area contributed by atoms with Gasteiger partial charge in [-0.2, -0.15) is 0 Å². The Hall–Kier alpha value is -2.91. The third-order valence-corrected chi connectivity index (χ3v) is 6.62. The number of rotatable bonds is 9. The van der Waals surface area contributed by atoms with Gasteiger partial charge in [0.15, 0.2) is 0 Å². The molecule has 0 heterocycles. The van der Waals surface area contributed by atoms with Crippen molar-refractivity contribution in [3.8, 4) is 0 Å². The van der Waals surface area contributed by atoms with Gasteiger partial charge in [-0.25, -0.2) is 8.42 Å².